The maximum atomic E-state index is 12.1. The van der Waals surface area contributed by atoms with Crippen LogP contribution in [0.2, 0.25) is 0 Å². The van der Waals surface area contributed by atoms with Gasteiger partial charge in [-0.3, -0.25) is 9.59 Å². The normalized spacial score (nSPS) is 16.9. The Hall–Kier alpha value is -2.54. The number of carbonyl (C=O) groups is 1. The minimum absolute atomic E-state index is 0.112. The summed E-state index contributed by atoms with van der Waals surface area (Å²) in [5, 5.41) is 10.8. The molecule has 126 valence electrons. The summed E-state index contributed by atoms with van der Waals surface area (Å²) in [5.41, 5.74) is 0.751. The van der Waals surface area contributed by atoms with E-state index in [9.17, 15) is 9.59 Å². The quantitative estimate of drug-likeness (QED) is 0.826. The van der Waals surface area contributed by atoms with E-state index < -0.39 is 0 Å². The van der Waals surface area contributed by atoms with Gasteiger partial charge in [0.2, 0.25) is 5.91 Å². The summed E-state index contributed by atoms with van der Waals surface area (Å²) in [7, 11) is 0. The van der Waals surface area contributed by atoms with Gasteiger partial charge in [-0.2, -0.15) is 0 Å². The van der Waals surface area contributed by atoms with Gasteiger partial charge in [-0.05, 0) is 12.8 Å². The SMILES string of the molecule is O=C(CCc1nnc(-c2ccccc2)[nH]c1=O)NCC1CCCO1. The molecule has 1 unspecified atom stereocenters. The highest BCUT2D eigenvalue weighted by molar-refractivity contribution is 5.76. The minimum Gasteiger partial charge on any atom is -0.376 e. The van der Waals surface area contributed by atoms with Crippen LogP contribution < -0.4 is 10.9 Å². The Labute approximate surface area is 139 Å². The van der Waals surface area contributed by atoms with Crippen molar-refractivity contribution in [1.29, 1.82) is 0 Å². The van der Waals surface area contributed by atoms with Gasteiger partial charge in [-0.25, -0.2) is 0 Å². The zero-order chi connectivity index (χ0) is 16.8. The zero-order valence-electron chi connectivity index (χ0n) is 13.3. The van der Waals surface area contributed by atoms with Crippen LogP contribution in [0.15, 0.2) is 35.1 Å². The largest absolute Gasteiger partial charge is 0.376 e. The smallest absolute Gasteiger partial charge is 0.273 e. The molecule has 7 heteroatoms. The molecule has 7 nitrogen and oxygen atoms in total. The molecule has 1 aromatic heterocycles. The molecule has 1 amide bonds. The molecule has 2 aromatic rings. The second-order valence-corrected chi connectivity index (χ2v) is 5.75. The van der Waals surface area contributed by atoms with Gasteiger partial charge in [0.1, 0.15) is 5.69 Å². The van der Waals surface area contributed by atoms with Crippen LogP contribution in [0.5, 0.6) is 0 Å². The number of aryl methyl sites for hydroxylation is 1. The van der Waals surface area contributed by atoms with E-state index in [4.69, 9.17) is 4.74 Å². The van der Waals surface area contributed by atoms with Crippen LogP contribution in [0.4, 0.5) is 0 Å². The number of aromatic nitrogens is 3. The Morgan fingerprint density at radius 1 is 1.29 bits per heavy atom. The van der Waals surface area contributed by atoms with Crippen molar-refractivity contribution in [3.8, 4) is 11.4 Å². The highest BCUT2D eigenvalue weighted by atomic mass is 16.5. The summed E-state index contributed by atoms with van der Waals surface area (Å²) in [4.78, 5) is 26.6. The third kappa shape index (κ3) is 4.26. The zero-order valence-corrected chi connectivity index (χ0v) is 13.3. The lowest BCUT2D eigenvalue weighted by atomic mass is 10.2. The molecule has 0 radical (unpaired) electrons. The summed E-state index contributed by atoms with van der Waals surface area (Å²) in [6, 6.07) is 9.30. The number of nitrogens with one attached hydrogen (secondary N) is 2. The van der Waals surface area contributed by atoms with Crippen LogP contribution in [0.25, 0.3) is 11.4 Å². The second-order valence-electron chi connectivity index (χ2n) is 5.75. The predicted octanol–water partition coefficient (Wildman–Crippen LogP) is 1.06. The fraction of sp³-hybridized carbons (Fsp3) is 0.412. The van der Waals surface area contributed by atoms with E-state index in [2.05, 4.69) is 20.5 Å². The molecule has 1 aliphatic heterocycles. The van der Waals surface area contributed by atoms with E-state index in [1.165, 1.54) is 0 Å². The fourth-order valence-corrected chi connectivity index (χ4v) is 2.60. The number of ether oxygens (including phenoxy) is 1. The molecule has 3 rings (SSSR count). The van der Waals surface area contributed by atoms with Crippen molar-refractivity contribution >= 4 is 5.91 Å². The molecule has 0 bridgehead atoms. The molecule has 1 atom stereocenters. The van der Waals surface area contributed by atoms with E-state index in [1.54, 1.807) is 0 Å². The van der Waals surface area contributed by atoms with Crippen LogP contribution >= 0.6 is 0 Å². The van der Waals surface area contributed by atoms with Gasteiger partial charge in [0.15, 0.2) is 5.82 Å². The lowest BCUT2D eigenvalue weighted by molar-refractivity contribution is -0.121. The Balaban J connectivity index is 1.53. The van der Waals surface area contributed by atoms with Crippen molar-refractivity contribution in [2.24, 2.45) is 0 Å². The first kappa shape index (κ1) is 16.3. The summed E-state index contributed by atoms with van der Waals surface area (Å²) in [5.74, 6) is 0.311. The van der Waals surface area contributed by atoms with Gasteiger partial charge in [0.25, 0.3) is 5.56 Å². The number of benzene rings is 1. The number of hydrogen-bond acceptors (Lipinski definition) is 5. The molecule has 2 N–H and O–H groups in total. The third-order valence-corrected chi connectivity index (χ3v) is 3.95. The van der Waals surface area contributed by atoms with Gasteiger partial charge in [-0.15, -0.1) is 10.2 Å². The summed E-state index contributed by atoms with van der Waals surface area (Å²) in [6.07, 6.45) is 2.59. The Morgan fingerprint density at radius 2 is 2.12 bits per heavy atom. The number of aromatic amines is 1. The van der Waals surface area contributed by atoms with Crippen molar-refractivity contribution in [1.82, 2.24) is 20.5 Å². The molecular formula is C17H20N4O3. The molecule has 2 heterocycles. The topological polar surface area (TPSA) is 97.0 Å². The molecule has 1 fully saturated rings. The van der Waals surface area contributed by atoms with Crippen molar-refractivity contribution in [2.45, 2.75) is 31.8 Å². The summed E-state index contributed by atoms with van der Waals surface area (Å²) < 4.78 is 5.45. The molecule has 0 spiro atoms. The van der Waals surface area contributed by atoms with Gasteiger partial charge < -0.3 is 15.0 Å². The molecule has 1 aromatic carbocycles. The van der Waals surface area contributed by atoms with Crippen molar-refractivity contribution in [3.05, 3.63) is 46.4 Å². The monoisotopic (exact) mass is 328 g/mol. The van der Waals surface area contributed by atoms with Crippen molar-refractivity contribution in [2.75, 3.05) is 13.2 Å². The van der Waals surface area contributed by atoms with Gasteiger partial charge in [0, 0.05) is 31.6 Å². The molecule has 24 heavy (non-hydrogen) atoms. The number of hydrogen-bond donors (Lipinski definition) is 2. The first-order chi connectivity index (χ1) is 11.7. The maximum Gasteiger partial charge on any atom is 0.273 e. The van der Waals surface area contributed by atoms with E-state index >= 15 is 0 Å². The minimum atomic E-state index is -0.309. The van der Waals surface area contributed by atoms with Gasteiger partial charge >= 0.3 is 0 Å². The average Bonchev–Trinajstić information content (AvgIpc) is 3.13. The maximum absolute atomic E-state index is 12.1. The third-order valence-electron chi connectivity index (χ3n) is 3.95. The van der Waals surface area contributed by atoms with Crippen LogP contribution in [0, 0.1) is 0 Å². The Kier molecular flexibility index (Phi) is 5.32. The van der Waals surface area contributed by atoms with Crippen LogP contribution in [0.1, 0.15) is 25.0 Å². The van der Waals surface area contributed by atoms with E-state index in [1.807, 2.05) is 30.3 Å². The lowest BCUT2D eigenvalue weighted by Gasteiger charge is -2.10. The standard InChI is InChI=1S/C17H20N4O3/c22-15(18-11-13-7-4-10-24-13)9-8-14-17(23)19-16(21-20-14)12-5-2-1-3-6-12/h1-3,5-6,13H,4,7-11H2,(H,18,22)(H,19,21,23). The van der Waals surface area contributed by atoms with Gasteiger partial charge in [-0.1, -0.05) is 30.3 Å². The Morgan fingerprint density at radius 3 is 2.83 bits per heavy atom. The fourth-order valence-electron chi connectivity index (χ4n) is 2.60. The number of rotatable bonds is 6. The number of nitrogens with zero attached hydrogens (tertiary/aromatic N) is 2. The van der Waals surface area contributed by atoms with Crippen LogP contribution in [-0.2, 0) is 16.0 Å². The lowest BCUT2D eigenvalue weighted by Crippen LogP contribution is -2.32. The van der Waals surface area contributed by atoms with Crippen LogP contribution in [-0.4, -0.2) is 40.3 Å². The molecule has 0 aliphatic carbocycles. The summed E-state index contributed by atoms with van der Waals surface area (Å²) in [6.45, 7) is 1.28. The van der Waals surface area contributed by atoms with E-state index in [0.717, 1.165) is 25.0 Å². The molecule has 1 aliphatic rings. The average molecular weight is 328 g/mol. The number of amides is 1. The second kappa shape index (κ2) is 7.83. The van der Waals surface area contributed by atoms with Crippen molar-refractivity contribution < 1.29 is 9.53 Å². The number of H-pyrrole nitrogens is 1. The Bertz CT molecular complexity index is 739. The van der Waals surface area contributed by atoms with E-state index in [-0.39, 0.29) is 36.1 Å². The highest BCUT2D eigenvalue weighted by Gasteiger charge is 2.16. The van der Waals surface area contributed by atoms with E-state index in [0.29, 0.717) is 12.4 Å². The predicted molar refractivity (Wildman–Crippen MR) is 88.4 cm³/mol. The molecular weight excluding hydrogens is 308 g/mol. The molecule has 0 saturated carbocycles. The van der Waals surface area contributed by atoms with Gasteiger partial charge in [0.05, 0.1) is 6.10 Å². The number of carbonyl (C=O) groups excluding carboxylic acids is 1. The van der Waals surface area contributed by atoms with Crippen LogP contribution in [0.3, 0.4) is 0 Å². The highest BCUT2D eigenvalue weighted by Crippen LogP contribution is 2.11. The molecule has 1 saturated heterocycles. The first-order valence-electron chi connectivity index (χ1n) is 8.12. The van der Waals surface area contributed by atoms with Crippen molar-refractivity contribution in [3.63, 3.8) is 0 Å². The summed E-state index contributed by atoms with van der Waals surface area (Å²) >= 11 is 0. The first-order valence-corrected chi connectivity index (χ1v) is 8.12.